The van der Waals surface area contributed by atoms with Crippen LogP contribution in [0.4, 0.5) is 0 Å². The van der Waals surface area contributed by atoms with E-state index >= 15 is 0 Å². The van der Waals surface area contributed by atoms with Gasteiger partial charge < -0.3 is 9.84 Å². The molecule has 3 rings (SSSR count). The van der Waals surface area contributed by atoms with Gasteiger partial charge in [-0.2, -0.15) is 0 Å². The second-order valence-electron chi connectivity index (χ2n) is 7.22. The lowest BCUT2D eigenvalue weighted by molar-refractivity contribution is -0.134. The Bertz CT molecular complexity index is 801. The number of ether oxygens (including phenoxy) is 1. The normalized spacial score (nSPS) is 15.9. The van der Waals surface area contributed by atoms with E-state index in [1.807, 2.05) is 6.07 Å². The average molecular weight is 380 g/mol. The Kier molecular flexibility index (Phi) is 7.40. The standard InChI is InChI=1S/C24H29NO3/c1-28-24(27)14-10-20-9-12-22-21(18-20)11-13-23(22)25(16-17-26)15-5-8-19-6-3-2-4-7-19/h2-4,6-7,9-10,12,14,18,23,26H,5,8,11,13,15-17H2,1H3. The fourth-order valence-corrected chi connectivity index (χ4v) is 4.01. The van der Waals surface area contributed by atoms with Crippen LogP contribution >= 0.6 is 0 Å². The molecule has 0 bridgehead atoms. The second kappa shape index (κ2) is 10.2. The summed E-state index contributed by atoms with van der Waals surface area (Å²) in [5.74, 6) is -0.342. The van der Waals surface area contributed by atoms with E-state index in [9.17, 15) is 9.90 Å². The van der Waals surface area contributed by atoms with Gasteiger partial charge in [-0.15, -0.1) is 0 Å². The van der Waals surface area contributed by atoms with Crippen molar-refractivity contribution < 1.29 is 14.6 Å². The number of carbonyl (C=O) groups excluding carboxylic acids is 1. The molecule has 0 radical (unpaired) electrons. The van der Waals surface area contributed by atoms with E-state index in [0.717, 1.165) is 37.8 Å². The van der Waals surface area contributed by atoms with Crippen LogP contribution in [-0.4, -0.2) is 42.8 Å². The Hall–Kier alpha value is -2.43. The quantitative estimate of drug-likeness (QED) is 0.532. The van der Waals surface area contributed by atoms with Crippen molar-refractivity contribution in [3.63, 3.8) is 0 Å². The highest BCUT2D eigenvalue weighted by molar-refractivity contribution is 5.86. The number of aliphatic hydroxyl groups excluding tert-OH is 1. The molecular formula is C24H29NO3. The van der Waals surface area contributed by atoms with Crippen molar-refractivity contribution in [2.45, 2.75) is 31.7 Å². The number of aliphatic hydroxyl groups is 1. The Labute approximate surface area is 167 Å². The topological polar surface area (TPSA) is 49.8 Å². The first-order valence-electron chi connectivity index (χ1n) is 9.99. The molecule has 2 aromatic rings. The average Bonchev–Trinajstić information content (AvgIpc) is 3.15. The number of nitrogens with zero attached hydrogens (tertiary/aromatic N) is 1. The van der Waals surface area contributed by atoms with Gasteiger partial charge in [0.1, 0.15) is 0 Å². The SMILES string of the molecule is COC(=O)C=Cc1ccc2c(c1)CCC2N(CCO)CCCc1ccccc1. The first-order valence-corrected chi connectivity index (χ1v) is 9.99. The monoisotopic (exact) mass is 379 g/mol. The van der Waals surface area contributed by atoms with Crippen molar-refractivity contribution in [2.24, 2.45) is 0 Å². The number of carbonyl (C=O) groups is 1. The summed E-state index contributed by atoms with van der Waals surface area (Å²) < 4.78 is 4.65. The van der Waals surface area contributed by atoms with E-state index in [1.54, 1.807) is 6.08 Å². The molecule has 2 aromatic carbocycles. The number of methoxy groups -OCH3 is 1. The maximum atomic E-state index is 11.3. The smallest absolute Gasteiger partial charge is 0.330 e. The van der Waals surface area contributed by atoms with Gasteiger partial charge in [0, 0.05) is 18.7 Å². The van der Waals surface area contributed by atoms with Crippen LogP contribution in [0, 0.1) is 0 Å². The summed E-state index contributed by atoms with van der Waals surface area (Å²) in [7, 11) is 1.38. The number of esters is 1. The zero-order valence-electron chi connectivity index (χ0n) is 16.5. The zero-order chi connectivity index (χ0) is 19.8. The maximum absolute atomic E-state index is 11.3. The number of fused-ring (bicyclic) bond motifs is 1. The third-order valence-electron chi connectivity index (χ3n) is 5.41. The molecule has 1 aliphatic rings. The lowest BCUT2D eigenvalue weighted by Gasteiger charge is -2.29. The Morgan fingerprint density at radius 2 is 2.04 bits per heavy atom. The van der Waals surface area contributed by atoms with Gasteiger partial charge in [-0.1, -0.05) is 48.5 Å². The van der Waals surface area contributed by atoms with Gasteiger partial charge in [0.15, 0.2) is 0 Å². The number of hydrogen-bond donors (Lipinski definition) is 1. The van der Waals surface area contributed by atoms with E-state index in [0.29, 0.717) is 12.6 Å². The molecule has 1 atom stereocenters. The number of hydrogen-bond acceptors (Lipinski definition) is 4. The van der Waals surface area contributed by atoms with Crippen LogP contribution < -0.4 is 0 Å². The Morgan fingerprint density at radius 1 is 1.21 bits per heavy atom. The lowest BCUT2D eigenvalue weighted by atomic mass is 10.0. The number of benzene rings is 2. The second-order valence-corrected chi connectivity index (χ2v) is 7.22. The molecule has 0 saturated heterocycles. The molecule has 1 aliphatic carbocycles. The molecule has 0 fully saturated rings. The van der Waals surface area contributed by atoms with Crippen LogP contribution in [0.15, 0.2) is 54.6 Å². The molecule has 0 aliphatic heterocycles. The van der Waals surface area contributed by atoms with Gasteiger partial charge in [-0.3, -0.25) is 4.90 Å². The highest BCUT2D eigenvalue weighted by atomic mass is 16.5. The first kappa shape index (κ1) is 20.3. The van der Waals surface area contributed by atoms with Crippen LogP contribution in [0.5, 0.6) is 0 Å². The van der Waals surface area contributed by atoms with Gasteiger partial charge in [0.05, 0.1) is 13.7 Å². The molecule has 4 nitrogen and oxygen atoms in total. The van der Waals surface area contributed by atoms with Gasteiger partial charge in [0.2, 0.25) is 0 Å². The predicted molar refractivity (Wildman–Crippen MR) is 112 cm³/mol. The van der Waals surface area contributed by atoms with Crippen molar-refractivity contribution in [2.75, 3.05) is 26.8 Å². The number of rotatable bonds is 9. The summed E-state index contributed by atoms with van der Waals surface area (Å²) in [6.45, 7) is 1.85. The highest BCUT2D eigenvalue weighted by Gasteiger charge is 2.27. The molecule has 4 heteroatoms. The molecule has 0 heterocycles. The van der Waals surface area contributed by atoms with E-state index in [4.69, 9.17) is 0 Å². The molecule has 1 unspecified atom stereocenters. The predicted octanol–water partition coefficient (Wildman–Crippen LogP) is 3.79. The summed E-state index contributed by atoms with van der Waals surface area (Å²) in [6, 6.07) is 17.3. The minimum Gasteiger partial charge on any atom is -0.466 e. The molecule has 0 spiro atoms. The van der Waals surface area contributed by atoms with E-state index in [-0.39, 0.29) is 12.6 Å². The fraction of sp³-hybridized carbons (Fsp3) is 0.375. The van der Waals surface area contributed by atoms with Gasteiger partial charge in [0.25, 0.3) is 0 Å². The molecular weight excluding hydrogens is 350 g/mol. The van der Waals surface area contributed by atoms with Gasteiger partial charge in [-0.25, -0.2) is 4.79 Å². The molecule has 0 amide bonds. The molecule has 28 heavy (non-hydrogen) atoms. The van der Waals surface area contributed by atoms with E-state index in [2.05, 4.69) is 52.1 Å². The first-order chi connectivity index (χ1) is 13.7. The largest absolute Gasteiger partial charge is 0.466 e. The Morgan fingerprint density at radius 3 is 2.79 bits per heavy atom. The van der Waals surface area contributed by atoms with Crippen LogP contribution in [0.25, 0.3) is 6.08 Å². The zero-order valence-corrected chi connectivity index (χ0v) is 16.5. The van der Waals surface area contributed by atoms with E-state index in [1.165, 1.54) is 29.9 Å². The van der Waals surface area contributed by atoms with Gasteiger partial charge in [-0.05, 0) is 60.6 Å². The summed E-state index contributed by atoms with van der Waals surface area (Å²) in [6.07, 6.45) is 7.49. The van der Waals surface area contributed by atoms with Gasteiger partial charge >= 0.3 is 5.97 Å². The third kappa shape index (κ3) is 5.31. The van der Waals surface area contributed by atoms with Crippen LogP contribution in [0.1, 0.15) is 41.1 Å². The molecule has 148 valence electrons. The third-order valence-corrected chi connectivity index (χ3v) is 5.41. The van der Waals surface area contributed by atoms with Crippen molar-refractivity contribution in [1.29, 1.82) is 0 Å². The highest BCUT2D eigenvalue weighted by Crippen LogP contribution is 2.36. The molecule has 0 saturated carbocycles. The van der Waals surface area contributed by atoms with Crippen LogP contribution in [0.3, 0.4) is 0 Å². The van der Waals surface area contributed by atoms with Crippen molar-refractivity contribution in [3.8, 4) is 0 Å². The van der Waals surface area contributed by atoms with Crippen molar-refractivity contribution >= 4 is 12.0 Å². The summed E-state index contributed by atoms with van der Waals surface area (Å²) in [5.41, 5.74) is 5.06. The van der Waals surface area contributed by atoms with Crippen LogP contribution in [-0.2, 0) is 22.4 Å². The van der Waals surface area contributed by atoms with Crippen LogP contribution in [0.2, 0.25) is 0 Å². The molecule has 0 aromatic heterocycles. The minimum absolute atomic E-state index is 0.178. The summed E-state index contributed by atoms with van der Waals surface area (Å²) >= 11 is 0. The fourth-order valence-electron chi connectivity index (χ4n) is 4.01. The molecule has 1 N–H and O–H groups in total. The maximum Gasteiger partial charge on any atom is 0.330 e. The summed E-state index contributed by atoms with van der Waals surface area (Å²) in [4.78, 5) is 13.7. The minimum atomic E-state index is -0.342. The number of aryl methyl sites for hydroxylation is 2. The summed E-state index contributed by atoms with van der Waals surface area (Å²) in [5, 5.41) is 9.56. The lowest BCUT2D eigenvalue weighted by Crippen LogP contribution is -2.31. The van der Waals surface area contributed by atoms with E-state index < -0.39 is 0 Å². The van der Waals surface area contributed by atoms with Crippen molar-refractivity contribution in [3.05, 3.63) is 76.9 Å². The van der Waals surface area contributed by atoms with Crippen molar-refractivity contribution in [1.82, 2.24) is 4.90 Å². The Balaban J connectivity index is 1.65.